The van der Waals surface area contributed by atoms with Crippen LogP contribution in [0.3, 0.4) is 0 Å². The smallest absolute Gasteiger partial charge is 0.263 e. The van der Waals surface area contributed by atoms with Crippen LogP contribution in [0.25, 0.3) is 0 Å². The molecule has 3 N–H and O–H groups in total. The molecular weight excluding hydrogens is 435 g/mol. The van der Waals surface area contributed by atoms with Crippen LogP contribution in [0.15, 0.2) is 50.7 Å². The summed E-state index contributed by atoms with van der Waals surface area (Å²) in [5.41, 5.74) is -0.434. The first-order valence-electron chi connectivity index (χ1n) is 5.81. The first kappa shape index (κ1) is 18.1. The van der Waals surface area contributed by atoms with Gasteiger partial charge in [-0.2, -0.15) is 0 Å². The molecule has 0 aromatic heterocycles. The minimum Gasteiger partial charge on any atom is -0.277 e. The number of sulfonamides is 2. The lowest BCUT2D eigenvalue weighted by Crippen LogP contribution is -2.16. The molecule has 0 atom stereocenters. The molecular formula is C12H9BrClFN2O4S2. The number of primary sulfonamides is 1. The SMILES string of the molecule is NS(=O)(=O)c1ccc(NS(=O)(=O)c2ccc(Br)cc2Cl)c(F)c1. The highest BCUT2D eigenvalue weighted by Gasteiger charge is 2.20. The van der Waals surface area contributed by atoms with Gasteiger partial charge < -0.3 is 0 Å². The molecule has 2 rings (SSSR count). The zero-order chi connectivity index (χ0) is 17.4. The highest BCUT2D eigenvalue weighted by molar-refractivity contribution is 9.10. The average Bonchev–Trinajstić information content (AvgIpc) is 2.39. The zero-order valence-corrected chi connectivity index (χ0v) is 15.1. The van der Waals surface area contributed by atoms with Gasteiger partial charge in [-0.1, -0.05) is 27.5 Å². The second-order valence-corrected chi connectivity index (χ2v) is 8.90. The van der Waals surface area contributed by atoms with Gasteiger partial charge in [0.05, 0.1) is 15.6 Å². The van der Waals surface area contributed by atoms with Crippen molar-refractivity contribution in [1.29, 1.82) is 0 Å². The molecule has 6 nitrogen and oxygen atoms in total. The van der Waals surface area contributed by atoms with Crippen molar-refractivity contribution in [2.75, 3.05) is 4.72 Å². The van der Waals surface area contributed by atoms with Crippen molar-refractivity contribution in [3.63, 3.8) is 0 Å². The van der Waals surface area contributed by atoms with Gasteiger partial charge in [-0.15, -0.1) is 0 Å². The summed E-state index contributed by atoms with van der Waals surface area (Å²) in [6.45, 7) is 0. The summed E-state index contributed by atoms with van der Waals surface area (Å²) < 4.78 is 63.2. The lowest BCUT2D eigenvalue weighted by Gasteiger charge is -2.11. The van der Waals surface area contributed by atoms with E-state index in [1.54, 1.807) is 0 Å². The number of benzene rings is 2. The lowest BCUT2D eigenvalue weighted by molar-refractivity contribution is 0.592. The second-order valence-electron chi connectivity index (χ2n) is 4.37. The van der Waals surface area contributed by atoms with Gasteiger partial charge in [0.1, 0.15) is 10.7 Å². The summed E-state index contributed by atoms with van der Waals surface area (Å²) in [7, 11) is -8.25. The molecule has 0 aliphatic rings. The number of nitrogens with one attached hydrogen (secondary N) is 1. The Kier molecular flexibility index (Phi) is 5.02. The molecule has 11 heteroatoms. The van der Waals surface area contributed by atoms with Crippen LogP contribution < -0.4 is 9.86 Å². The maximum atomic E-state index is 13.9. The van der Waals surface area contributed by atoms with Gasteiger partial charge in [0.2, 0.25) is 10.0 Å². The Morgan fingerprint density at radius 2 is 1.74 bits per heavy atom. The van der Waals surface area contributed by atoms with Crippen molar-refractivity contribution in [2.45, 2.75) is 9.79 Å². The summed E-state index contributed by atoms with van der Waals surface area (Å²) >= 11 is 9.01. The zero-order valence-electron chi connectivity index (χ0n) is 11.1. The molecule has 0 saturated heterocycles. The summed E-state index contributed by atoms with van der Waals surface area (Å²) in [4.78, 5) is -0.725. The van der Waals surface area contributed by atoms with E-state index in [4.69, 9.17) is 16.7 Å². The standard InChI is InChI=1S/C12H9BrClFN2O4S2/c13-7-1-4-12(9(14)5-7)23(20,21)17-11-3-2-8(6-10(11)15)22(16,18)19/h1-6,17H,(H2,16,18,19). The first-order chi connectivity index (χ1) is 10.5. The minimum atomic E-state index is -4.16. The van der Waals surface area contributed by atoms with E-state index < -0.39 is 36.4 Å². The van der Waals surface area contributed by atoms with E-state index in [2.05, 4.69) is 15.9 Å². The van der Waals surface area contributed by atoms with Gasteiger partial charge in [0.15, 0.2) is 0 Å². The van der Waals surface area contributed by atoms with E-state index in [-0.39, 0.29) is 9.92 Å². The Bertz CT molecular complexity index is 981. The predicted molar refractivity (Wildman–Crippen MR) is 87.7 cm³/mol. The average molecular weight is 444 g/mol. The fourth-order valence-electron chi connectivity index (χ4n) is 1.65. The fourth-order valence-corrected chi connectivity index (χ4v) is 4.28. The molecule has 0 spiro atoms. The van der Waals surface area contributed by atoms with E-state index in [0.29, 0.717) is 10.5 Å². The number of rotatable bonds is 4. The van der Waals surface area contributed by atoms with E-state index in [9.17, 15) is 21.2 Å². The molecule has 0 saturated carbocycles. The number of anilines is 1. The van der Waals surface area contributed by atoms with Gasteiger partial charge in [-0.25, -0.2) is 26.4 Å². The van der Waals surface area contributed by atoms with Crippen LogP contribution >= 0.6 is 27.5 Å². The molecule has 2 aromatic rings. The maximum Gasteiger partial charge on any atom is 0.263 e. The molecule has 2 aromatic carbocycles. The van der Waals surface area contributed by atoms with Crippen LogP contribution in [0, 0.1) is 5.82 Å². The Hall–Kier alpha value is -1.20. The van der Waals surface area contributed by atoms with Gasteiger partial charge >= 0.3 is 0 Å². The predicted octanol–water partition coefficient (Wildman–Crippen LogP) is 2.69. The Balaban J connectivity index is 2.42. The van der Waals surface area contributed by atoms with E-state index in [1.807, 2.05) is 4.72 Å². The fraction of sp³-hybridized carbons (Fsp3) is 0. The Labute approximate surface area is 145 Å². The molecule has 0 aliphatic heterocycles. The van der Waals surface area contributed by atoms with Crippen LogP contribution in [0.5, 0.6) is 0 Å². The van der Waals surface area contributed by atoms with Crippen LogP contribution in [0.1, 0.15) is 0 Å². The monoisotopic (exact) mass is 442 g/mol. The van der Waals surface area contributed by atoms with Crippen LogP contribution in [0.2, 0.25) is 5.02 Å². The Morgan fingerprint density at radius 3 is 2.26 bits per heavy atom. The van der Waals surface area contributed by atoms with E-state index in [1.165, 1.54) is 18.2 Å². The van der Waals surface area contributed by atoms with Crippen molar-refractivity contribution >= 4 is 53.3 Å². The summed E-state index contributed by atoms with van der Waals surface area (Å²) in [5.74, 6) is -1.09. The number of nitrogens with two attached hydrogens (primary N) is 1. The van der Waals surface area contributed by atoms with Crippen LogP contribution in [-0.2, 0) is 20.0 Å². The third-order valence-corrected chi connectivity index (χ3v) is 5.95. The number of hydrogen-bond donors (Lipinski definition) is 2. The van der Waals surface area contributed by atoms with Crippen molar-refractivity contribution in [3.8, 4) is 0 Å². The Morgan fingerprint density at radius 1 is 1.09 bits per heavy atom. The topological polar surface area (TPSA) is 106 Å². The van der Waals surface area contributed by atoms with Crippen LogP contribution in [-0.4, -0.2) is 16.8 Å². The highest BCUT2D eigenvalue weighted by Crippen LogP contribution is 2.28. The molecule has 23 heavy (non-hydrogen) atoms. The normalized spacial score (nSPS) is 12.2. The van der Waals surface area contributed by atoms with Crippen molar-refractivity contribution in [3.05, 3.63) is 51.7 Å². The van der Waals surface area contributed by atoms with Crippen molar-refractivity contribution in [1.82, 2.24) is 0 Å². The van der Waals surface area contributed by atoms with Crippen LogP contribution in [0.4, 0.5) is 10.1 Å². The van der Waals surface area contributed by atoms with E-state index in [0.717, 1.165) is 12.1 Å². The largest absolute Gasteiger partial charge is 0.277 e. The molecule has 0 amide bonds. The van der Waals surface area contributed by atoms with Gasteiger partial charge in [-0.3, -0.25) is 4.72 Å². The molecule has 124 valence electrons. The van der Waals surface area contributed by atoms with Gasteiger partial charge in [0, 0.05) is 4.47 Å². The molecule has 0 aliphatic carbocycles. The highest BCUT2D eigenvalue weighted by atomic mass is 79.9. The molecule has 0 radical (unpaired) electrons. The second kappa shape index (κ2) is 6.36. The molecule has 0 fully saturated rings. The van der Waals surface area contributed by atoms with Gasteiger partial charge in [-0.05, 0) is 36.4 Å². The van der Waals surface area contributed by atoms with E-state index >= 15 is 0 Å². The number of hydrogen-bond acceptors (Lipinski definition) is 4. The first-order valence-corrected chi connectivity index (χ1v) is 10.0. The maximum absolute atomic E-state index is 13.9. The third kappa shape index (κ3) is 4.21. The molecule has 0 heterocycles. The molecule has 0 unspecified atom stereocenters. The number of halogens is 3. The molecule has 0 bridgehead atoms. The minimum absolute atomic E-state index is 0.0616. The summed E-state index contributed by atoms with van der Waals surface area (Å²) in [6, 6.07) is 6.64. The lowest BCUT2D eigenvalue weighted by atomic mass is 10.3. The quantitative estimate of drug-likeness (QED) is 0.757. The van der Waals surface area contributed by atoms with Gasteiger partial charge in [0.25, 0.3) is 10.0 Å². The van der Waals surface area contributed by atoms with Crippen molar-refractivity contribution in [2.24, 2.45) is 5.14 Å². The third-order valence-electron chi connectivity index (χ3n) is 2.70. The summed E-state index contributed by atoms with van der Waals surface area (Å²) in [6.07, 6.45) is 0. The van der Waals surface area contributed by atoms with Crippen molar-refractivity contribution < 1.29 is 21.2 Å². The summed E-state index contributed by atoms with van der Waals surface area (Å²) in [5, 5.41) is 4.81.